The Morgan fingerprint density at radius 1 is 1.09 bits per heavy atom. The third-order valence-corrected chi connectivity index (χ3v) is 6.50. The van der Waals surface area contributed by atoms with Crippen LogP contribution in [0.15, 0.2) is 0 Å². The second-order valence-electron chi connectivity index (χ2n) is 8.21. The van der Waals surface area contributed by atoms with Crippen LogP contribution in [0, 0.1) is 5.41 Å². The first kappa shape index (κ1) is 15.7. The second kappa shape index (κ2) is 6.25. The zero-order valence-corrected chi connectivity index (χ0v) is 14.1. The van der Waals surface area contributed by atoms with Crippen LogP contribution in [0.2, 0.25) is 0 Å². The first-order chi connectivity index (χ1) is 11.2. The molecule has 5 heteroatoms. The van der Waals surface area contributed by atoms with Gasteiger partial charge in [-0.1, -0.05) is 19.3 Å². The lowest BCUT2D eigenvalue weighted by Crippen LogP contribution is -2.52. The van der Waals surface area contributed by atoms with E-state index in [1.807, 2.05) is 4.90 Å². The molecule has 2 atom stereocenters. The molecule has 3 heterocycles. The molecule has 4 fully saturated rings. The first-order valence-corrected chi connectivity index (χ1v) is 9.46. The fourth-order valence-corrected chi connectivity index (χ4v) is 5.04. The summed E-state index contributed by atoms with van der Waals surface area (Å²) in [5.74, 6) is 0. The van der Waals surface area contributed by atoms with E-state index in [0.29, 0.717) is 0 Å². The van der Waals surface area contributed by atoms with Crippen molar-refractivity contribution in [3.8, 4) is 0 Å². The minimum Gasteiger partial charge on any atom is -0.381 e. The Bertz CT molecular complexity index is 436. The smallest absolute Gasteiger partial charge is 0.317 e. The normalized spacial score (nSPS) is 36.7. The summed E-state index contributed by atoms with van der Waals surface area (Å²) >= 11 is 0. The van der Waals surface area contributed by atoms with E-state index in [1.165, 1.54) is 32.1 Å². The molecular weight excluding hydrogens is 292 g/mol. The molecule has 3 aliphatic heterocycles. The molecule has 3 saturated heterocycles. The van der Waals surface area contributed by atoms with Gasteiger partial charge in [0.25, 0.3) is 0 Å². The van der Waals surface area contributed by atoms with Gasteiger partial charge in [0.05, 0.1) is 12.2 Å². The van der Waals surface area contributed by atoms with Crippen LogP contribution in [0.5, 0.6) is 0 Å². The van der Waals surface area contributed by atoms with Crippen molar-refractivity contribution >= 4 is 6.03 Å². The van der Waals surface area contributed by atoms with E-state index in [2.05, 4.69) is 5.32 Å². The molecule has 2 amide bonds. The summed E-state index contributed by atoms with van der Waals surface area (Å²) in [5, 5.41) is 3.30. The third kappa shape index (κ3) is 3.22. The molecule has 0 radical (unpaired) electrons. The molecule has 0 aromatic heterocycles. The number of nitrogens with one attached hydrogen (secondary N) is 1. The molecular formula is C18H30N2O3. The topological polar surface area (TPSA) is 50.8 Å². The molecule has 5 nitrogen and oxygen atoms in total. The van der Waals surface area contributed by atoms with Crippen LogP contribution in [0.1, 0.15) is 57.8 Å². The highest BCUT2D eigenvalue weighted by Crippen LogP contribution is 2.40. The second-order valence-corrected chi connectivity index (χ2v) is 8.21. The van der Waals surface area contributed by atoms with Gasteiger partial charge in [-0.25, -0.2) is 4.79 Å². The number of carbonyl (C=O) groups is 1. The fraction of sp³-hybridized carbons (Fsp3) is 0.944. The van der Waals surface area contributed by atoms with Crippen molar-refractivity contribution in [2.24, 2.45) is 5.41 Å². The summed E-state index contributed by atoms with van der Waals surface area (Å²) in [7, 11) is 0. The van der Waals surface area contributed by atoms with Crippen molar-refractivity contribution in [3.05, 3.63) is 0 Å². The summed E-state index contributed by atoms with van der Waals surface area (Å²) in [5.41, 5.74) is 0.303. The Balaban J connectivity index is 1.32. The van der Waals surface area contributed by atoms with Crippen LogP contribution in [-0.4, -0.2) is 55.5 Å². The maximum Gasteiger partial charge on any atom is 0.317 e. The predicted octanol–water partition coefficient (Wildman–Crippen LogP) is 2.69. The summed E-state index contributed by atoms with van der Waals surface area (Å²) < 4.78 is 11.7. The van der Waals surface area contributed by atoms with Gasteiger partial charge < -0.3 is 19.7 Å². The number of likely N-dealkylation sites (tertiary alicyclic amines) is 1. The van der Waals surface area contributed by atoms with Crippen LogP contribution in [0.25, 0.3) is 0 Å². The van der Waals surface area contributed by atoms with Crippen LogP contribution in [0.4, 0.5) is 4.79 Å². The van der Waals surface area contributed by atoms with Gasteiger partial charge in [0.2, 0.25) is 0 Å². The number of hydrogen-bond donors (Lipinski definition) is 1. The van der Waals surface area contributed by atoms with E-state index in [1.54, 1.807) is 0 Å². The van der Waals surface area contributed by atoms with Gasteiger partial charge in [-0.3, -0.25) is 0 Å². The van der Waals surface area contributed by atoms with Crippen molar-refractivity contribution < 1.29 is 14.3 Å². The Labute approximate surface area is 139 Å². The molecule has 2 spiro atoms. The summed E-state index contributed by atoms with van der Waals surface area (Å²) in [6, 6.07) is 0.414. The summed E-state index contributed by atoms with van der Waals surface area (Å²) in [6.07, 6.45) is 10.4. The number of hydrogen-bond acceptors (Lipinski definition) is 3. The van der Waals surface area contributed by atoms with E-state index in [9.17, 15) is 4.79 Å². The van der Waals surface area contributed by atoms with Crippen LogP contribution >= 0.6 is 0 Å². The van der Waals surface area contributed by atoms with Crippen molar-refractivity contribution in [2.45, 2.75) is 69.4 Å². The number of rotatable bonds is 1. The molecule has 23 heavy (non-hydrogen) atoms. The average Bonchev–Trinajstić information content (AvgIpc) is 3.19. The van der Waals surface area contributed by atoms with E-state index >= 15 is 0 Å². The molecule has 1 saturated carbocycles. The first-order valence-electron chi connectivity index (χ1n) is 9.46. The third-order valence-electron chi connectivity index (χ3n) is 6.50. The maximum atomic E-state index is 12.7. The quantitative estimate of drug-likeness (QED) is 0.807. The lowest BCUT2D eigenvalue weighted by atomic mass is 9.78. The predicted molar refractivity (Wildman–Crippen MR) is 87.4 cm³/mol. The molecule has 130 valence electrons. The standard InChI is InChI=1S/C18H30N2O3/c21-16(20-9-7-17(13-20)8-11-22-14-17)19-15-4-10-23-18(12-15)5-2-1-3-6-18/h15H,1-14H2,(H,19,21)/t15-,17+/m1/s1. The Morgan fingerprint density at radius 3 is 2.74 bits per heavy atom. The number of amides is 2. The SMILES string of the molecule is O=C(N[C@@H]1CCOC2(CCCCC2)C1)N1CC[C@]2(CCOC2)C1. The summed E-state index contributed by atoms with van der Waals surface area (Å²) in [6.45, 7) is 4.23. The Kier molecular flexibility index (Phi) is 4.26. The maximum absolute atomic E-state index is 12.7. The number of ether oxygens (including phenoxy) is 2. The van der Waals surface area contributed by atoms with Crippen molar-refractivity contribution in [1.82, 2.24) is 10.2 Å². The van der Waals surface area contributed by atoms with Gasteiger partial charge in [0.15, 0.2) is 0 Å². The average molecular weight is 322 g/mol. The fourth-order valence-electron chi connectivity index (χ4n) is 5.04. The van der Waals surface area contributed by atoms with Gasteiger partial charge >= 0.3 is 6.03 Å². The van der Waals surface area contributed by atoms with Gasteiger partial charge in [-0.2, -0.15) is 0 Å². The molecule has 4 aliphatic rings. The highest BCUT2D eigenvalue weighted by atomic mass is 16.5. The Morgan fingerprint density at radius 2 is 1.96 bits per heavy atom. The summed E-state index contributed by atoms with van der Waals surface area (Å²) in [4.78, 5) is 14.7. The van der Waals surface area contributed by atoms with E-state index in [-0.39, 0.29) is 23.1 Å². The van der Waals surface area contributed by atoms with Gasteiger partial charge in [-0.15, -0.1) is 0 Å². The highest BCUT2D eigenvalue weighted by molar-refractivity contribution is 5.75. The largest absolute Gasteiger partial charge is 0.381 e. The van der Waals surface area contributed by atoms with Crippen LogP contribution < -0.4 is 5.32 Å². The van der Waals surface area contributed by atoms with Gasteiger partial charge in [0.1, 0.15) is 0 Å². The molecule has 0 aromatic carbocycles. The Hall–Kier alpha value is -0.810. The number of nitrogens with zero attached hydrogens (tertiary/aromatic N) is 1. The van der Waals surface area contributed by atoms with Gasteiger partial charge in [-0.05, 0) is 38.5 Å². The highest BCUT2D eigenvalue weighted by Gasteiger charge is 2.44. The van der Waals surface area contributed by atoms with Crippen molar-refractivity contribution in [1.29, 1.82) is 0 Å². The zero-order chi connectivity index (χ0) is 15.8. The van der Waals surface area contributed by atoms with Gasteiger partial charge in [0, 0.05) is 37.8 Å². The van der Waals surface area contributed by atoms with E-state index in [4.69, 9.17) is 9.47 Å². The number of urea groups is 1. The molecule has 0 aromatic rings. The van der Waals surface area contributed by atoms with Crippen molar-refractivity contribution in [2.75, 3.05) is 32.9 Å². The lowest BCUT2D eigenvalue weighted by Gasteiger charge is -2.43. The molecule has 1 N–H and O–H groups in total. The van der Waals surface area contributed by atoms with Crippen LogP contribution in [0.3, 0.4) is 0 Å². The lowest BCUT2D eigenvalue weighted by molar-refractivity contribution is -0.108. The molecule has 0 unspecified atom stereocenters. The molecule has 0 bridgehead atoms. The minimum atomic E-state index is 0.0555. The molecule has 1 aliphatic carbocycles. The van der Waals surface area contributed by atoms with E-state index < -0.39 is 0 Å². The van der Waals surface area contributed by atoms with E-state index in [0.717, 1.165) is 58.6 Å². The minimum absolute atomic E-state index is 0.0555. The zero-order valence-electron chi connectivity index (χ0n) is 14.1. The monoisotopic (exact) mass is 322 g/mol. The van der Waals surface area contributed by atoms with Crippen LogP contribution in [-0.2, 0) is 9.47 Å². The van der Waals surface area contributed by atoms with Crippen molar-refractivity contribution in [3.63, 3.8) is 0 Å². The molecule has 4 rings (SSSR count). The number of carbonyl (C=O) groups excluding carboxylic acids is 1.